The number of carboxylic acid groups (broad SMARTS) is 1. The van der Waals surface area contributed by atoms with Crippen LogP contribution in [0, 0.1) is 8.99 Å². The minimum absolute atomic E-state index is 0.0488. The lowest BCUT2D eigenvalue weighted by molar-refractivity contribution is -0.148. The van der Waals surface area contributed by atoms with Crippen LogP contribution in [0.25, 0.3) is 0 Å². The summed E-state index contributed by atoms with van der Waals surface area (Å²) in [4.78, 5) is 11.6. The Hall–Kier alpha value is -0.670. The molecule has 1 aromatic carbocycles. The molecule has 0 aliphatic carbocycles. The van der Waals surface area contributed by atoms with Crippen molar-refractivity contribution in [2.24, 2.45) is 5.41 Å². The minimum atomic E-state index is -3.60. The smallest absolute Gasteiger partial charge is 0.311 e. The fraction of sp³-hybridized carbons (Fsp3) is 0.462. The molecule has 20 heavy (non-hydrogen) atoms. The number of carboxylic acids is 1. The largest absolute Gasteiger partial charge is 0.481 e. The first kappa shape index (κ1) is 15.7. The van der Waals surface area contributed by atoms with Crippen LogP contribution in [0.2, 0.25) is 0 Å². The van der Waals surface area contributed by atoms with Gasteiger partial charge in [-0.05, 0) is 59.7 Å². The third kappa shape index (κ3) is 2.71. The molecular formula is C13H16INO4S. The molecule has 1 aromatic rings. The van der Waals surface area contributed by atoms with Crippen LogP contribution in [0.3, 0.4) is 0 Å². The standard InChI is InChI=1S/C13H16INO4S/c1-2-13(12(16)17)7-8-15(9-13)20(18,19)11-5-3-10(14)4-6-11/h3-6H,2,7-9H2,1H3,(H,16,17). The van der Waals surface area contributed by atoms with Gasteiger partial charge in [0.05, 0.1) is 10.3 Å². The molecule has 0 bridgehead atoms. The summed E-state index contributed by atoms with van der Waals surface area (Å²) in [5, 5.41) is 9.33. The summed E-state index contributed by atoms with van der Waals surface area (Å²) >= 11 is 2.11. The van der Waals surface area contributed by atoms with Crippen LogP contribution in [0.15, 0.2) is 29.2 Å². The fourth-order valence-electron chi connectivity index (χ4n) is 2.41. The Bertz CT molecular complexity index is 614. The fourth-order valence-corrected chi connectivity index (χ4v) is 4.30. The minimum Gasteiger partial charge on any atom is -0.481 e. The van der Waals surface area contributed by atoms with Gasteiger partial charge >= 0.3 is 5.97 Å². The van der Waals surface area contributed by atoms with Crippen LogP contribution in [0.1, 0.15) is 19.8 Å². The third-order valence-electron chi connectivity index (χ3n) is 3.90. The number of sulfonamides is 1. The molecule has 0 amide bonds. The number of halogens is 1. The highest BCUT2D eigenvalue weighted by Crippen LogP contribution is 2.36. The molecule has 2 rings (SSSR count). The van der Waals surface area contributed by atoms with Crippen molar-refractivity contribution in [2.45, 2.75) is 24.7 Å². The summed E-state index contributed by atoms with van der Waals surface area (Å²) in [6.07, 6.45) is 0.795. The monoisotopic (exact) mass is 409 g/mol. The van der Waals surface area contributed by atoms with Gasteiger partial charge < -0.3 is 5.11 Å². The van der Waals surface area contributed by atoms with E-state index in [1.54, 1.807) is 31.2 Å². The average Bonchev–Trinajstić information content (AvgIpc) is 2.85. The summed E-state index contributed by atoms with van der Waals surface area (Å²) in [6.45, 7) is 2.09. The van der Waals surface area contributed by atoms with E-state index in [4.69, 9.17) is 0 Å². The molecule has 0 radical (unpaired) electrons. The van der Waals surface area contributed by atoms with Gasteiger partial charge in [0.1, 0.15) is 0 Å². The van der Waals surface area contributed by atoms with E-state index in [2.05, 4.69) is 22.6 Å². The number of aliphatic carboxylic acids is 1. The highest BCUT2D eigenvalue weighted by atomic mass is 127. The molecule has 0 saturated carbocycles. The van der Waals surface area contributed by atoms with Crippen molar-refractivity contribution in [1.82, 2.24) is 4.31 Å². The number of hydrogen-bond acceptors (Lipinski definition) is 3. The van der Waals surface area contributed by atoms with E-state index in [1.807, 2.05) is 0 Å². The molecule has 110 valence electrons. The van der Waals surface area contributed by atoms with E-state index in [1.165, 1.54) is 4.31 Å². The van der Waals surface area contributed by atoms with Crippen molar-refractivity contribution >= 4 is 38.6 Å². The maximum Gasteiger partial charge on any atom is 0.311 e. The van der Waals surface area contributed by atoms with Crippen LogP contribution < -0.4 is 0 Å². The van der Waals surface area contributed by atoms with Crippen molar-refractivity contribution < 1.29 is 18.3 Å². The topological polar surface area (TPSA) is 74.7 Å². The van der Waals surface area contributed by atoms with Crippen molar-refractivity contribution in [3.8, 4) is 0 Å². The summed E-state index contributed by atoms with van der Waals surface area (Å²) < 4.78 is 27.2. The molecule has 1 heterocycles. The van der Waals surface area contributed by atoms with Crippen molar-refractivity contribution in [1.29, 1.82) is 0 Å². The van der Waals surface area contributed by atoms with Crippen LogP contribution in [0.4, 0.5) is 0 Å². The highest BCUT2D eigenvalue weighted by Gasteiger charge is 2.47. The Balaban J connectivity index is 2.29. The molecule has 1 atom stereocenters. The first-order valence-corrected chi connectivity index (χ1v) is 8.83. The molecule has 7 heteroatoms. The van der Waals surface area contributed by atoms with Crippen LogP contribution in [-0.4, -0.2) is 36.9 Å². The lowest BCUT2D eigenvalue weighted by Crippen LogP contribution is -2.36. The zero-order valence-corrected chi connectivity index (χ0v) is 14.0. The van der Waals surface area contributed by atoms with Crippen LogP contribution in [0.5, 0.6) is 0 Å². The number of rotatable bonds is 4. The lowest BCUT2D eigenvalue weighted by Gasteiger charge is -2.22. The van der Waals surface area contributed by atoms with Crippen LogP contribution in [-0.2, 0) is 14.8 Å². The van der Waals surface area contributed by atoms with E-state index in [0.29, 0.717) is 12.8 Å². The van der Waals surface area contributed by atoms with Gasteiger partial charge in [0, 0.05) is 16.7 Å². The van der Waals surface area contributed by atoms with Crippen molar-refractivity contribution in [3.63, 3.8) is 0 Å². The molecule has 0 spiro atoms. The lowest BCUT2D eigenvalue weighted by atomic mass is 9.85. The second-order valence-electron chi connectivity index (χ2n) is 4.98. The Morgan fingerprint density at radius 2 is 2.00 bits per heavy atom. The predicted octanol–water partition coefficient (Wildman–Crippen LogP) is 2.17. The Labute approximate surface area is 132 Å². The molecule has 1 fully saturated rings. The quantitative estimate of drug-likeness (QED) is 0.774. The number of benzene rings is 1. The van der Waals surface area contributed by atoms with Crippen molar-refractivity contribution in [3.05, 3.63) is 27.8 Å². The SMILES string of the molecule is CCC1(C(=O)O)CCN(S(=O)(=O)c2ccc(I)cc2)C1. The van der Waals surface area contributed by atoms with E-state index in [9.17, 15) is 18.3 Å². The third-order valence-corrected chi connectivity index (χ3v) is 6.48. The maximum absolute atomic E-state index is 12.5. The summed E-state index contributed by atoms with van der Waals surface area (Å²) in [6, 6.07) is 6.58. The zero-order chi connectivity index (χ0) is 15.0. The number of nitrogens with zero attached hydrogens (tertiary/aromatic N) is 1. The summed E-state index contributed by atoms with van der Waals surface area (Å²) in [5.74, 6) is -0.916. The summed E-state index contributed by atoms with van der Waals surface area (Å²) in [7, 11) is -3.60. The van der Waals surface area contributed by atoms with Gasteiger partial charge in [-0.1, -0.05) is 6.92 Å². The number of carbonyl (C=O) groups is 1. The van der Waals surface area contributed by atoms with Crippen molar-refractivity contribution in [2.75, 3.05) is 13.1 Å². The van der Waals surface area contributed by atoms with E-state index < -0.39 is 21.4 Å². The van der Waals surface area contributed by atoms with Gasteiger partial charge in [0.25, 0.3) is 0 Å². The summed E-state index contributed by atoms with van der Waals surface area (Å²) in [5.41, 5.74) is -0.948. The molecule has 1 saturated heterocycles. The Morgan fingerprint density at radius 1 is 1.40 bits per heavy atom. The molecule has 5 nitrogen and oxygen atoms in total. The molecular weight excluding hydrogens is 393 g/mol. The highest BCUT2D eigenvalue weighted by molar-refractivity contribution is 14.1. The molecule has 1 unspecified atom stereocenters. The molecule has 1 N–H and O–H groups in total. The molecule has 0 aromatic heterocycles. The second-order valence-corrected chi connectivity index (χ2v) is 8.17. The maximum atomic E-state index is 12.5. The van der Waals surface area contributed by atoms with Gasteiger partial charge in [0.15, 0.2) is 0 Å². The predicted molar refractivity (Wildman–Crippen MR) is 82.9 cm³/mol. The van der Waals surface area contributed by atoms with E-state index >= 15 is 0 Å². The van der Waals surface area contributed by atoms with Gasteiger partial charge in [-0.3, -0.25) is 4.79 Å². The average molecular weight is 409 g/mol. The molecule has 1 aliphatic heterocycles. The van der Waals surface area contributed by atoms with Gasteiger partial charge in [0.2, 0.25) is 10.0 Å². The Morgan fingerprint density at radius 3 is 2.45 bits per heavy atom. The second kappa shape index (κ2) is 5.61. The van der Waals surface area contributed by atoms with E-state index in [-0.39, 0.29) is 18.0 Å². The molecule has 1 aliphatic rings. The van der Waals surface area contributed by atoms with Gasteiger partial charge in [-0.15, -0.1) is 0 Å². The normalized spacial score (nSPS) is 23.9. The zero-order valence-electron chi connectivity index (χ0n) is 11.0. The van der Waals surface area contributed by atoms with Gasteiger partial charge in [-0.2, -0.15) is 4.31 Å². The Kier molecular flexibility index (Phi) is 4.41. The number of hydrogen-bond donors (Lipinski definition) is 1. The first-order valence-electron chi connectivity index (χ1n) is 6.31. The van der Waals surface area contributed by atoms with Crippen LogP contribution >= 0.6 is 22.6 Å². The van der Waals surface area contributed by atoms with Gasteiger partial charge in [-0.25, -0.2) is 8.42 Å². The first-order chi connectivity index (χ1) is 9.32. The van der Waals surface area contributed by atoms with E-state index in [0.717, 1.165) is 3.57 Å².